The van der Waals surface area contributed by atoms with E-state index in [1.54, 1.807) is 4.90 Å². The maximum Gasteiger partial charge on any atom is 0.321 e. The summed E-state index contributed by atoms with van der Waals surface area (Å²) in [5.74, 6) is 0.179. The van der Waals surface area contributed by atoms with Crippen LogP contribution in [0.4, 0.5) is 5.69 Å². The van der Waals surface area contributed by atoms with Gasteiger partial charge in [-0.15, -0.1) is 12.4 Å². The number of carbonyl (C=O) groups is 2. The first-order chi connectivity index (χ1) is 15.0. The number of amides is 1. The number of fused-ring (bicyclic) bond motifs is 1. The summed E-state index contributed by atoms with van der Waals surface area (Å²) in [6.07, 6.45) is 7.09. The van der Waals surface area contributed by atoms with E-state index in [9.17, 15) is 9.59 Å². The molecule has 3 N–H and O–H groups in total. The lowest BCUT2D eigenvalue weighted by Gasteiger charge is -2.21. The van der Waals surface area contributed by atoms with E-state index in [2.05, 4.69) is 18.2 Å². The van der Waals surface area contributed by atoms with Gasteiger partial charge in [-0.3, -0.25) is 9.59 Å². The number of rotatable bonds is 7. The van der Waals surface area contributed by atoms with E-state index >= 15 is 0 Å². The Kier molecular flexibility index (Phi) is 8.15. The summed E-state index contributed by atoms with van der Waals surface area (Å²) in [5, 5.41) is 8.95. The molecule has 4 rings (SSSR count). The molecule has 172 valence electrons. The number of nitrogens with zero attached hydrogens (tertiary/aromatic N) is 1. The predicted octanol–water partition coefficient (Wildman–Crippen LogP) is 4.43. The van der Waals surface area contributed by atoms with Gasteiger partial charge >= 0.3 is 5.97 Å². The molecule has 6 nitrogen and oxygen atoms in total. The van der Waals surface area contributed by atoms with E-state index in [0.29, 0.717) is 12.5 Å². The van der Waals surface area contributed by atoms with Crippen molar-refractivity contribution in [2.24, 2.45) is 11.7 Å². The van der Waals surface area contributed by atoms with Crippen molar-refractivity contribution in [3.8, 4) is 16.9 Å². The quantitative estimate of drug-likeness (QED) is 0.640. The average molecular weight is 459 g/mol. The van der Waals surface area contributed by atoms with Crippen molar-refractivity contribution in [1.29, 1.82) is 0 Å². The van der Waals surface area contributed by atoms with Gasteiger partial charge in [0.2, 0.25) is 5.91 Å². The molecule has 0 bridgehead atoms. The molecular weight excluding hydrogens is 428 g/mol. The third kappa shape index (κ3) is 5.61. The third-order valence-corrected chi connectivity index (χ3v) is 6.39. The van der Waals surface area contributed by atoms with E-state index in [1.807, 2.05) is 24.3 Å². The molecule has 1 fully saturated rings. The SMILES string of the molecule is Cl.NC(CC(=O)N1CCc2cc(-c3ccc(OCC4CCCCC4)cc3)ccc21)C(=O)O. The minimum absolute atomic E-state index is 0. The molecule has 1 aliphatic heterocycles. The van der Waals surface area contributed by atoms with E-state index in [1.165, 1.54) is 32.1 Å². The van der Waals surface area contributed by atoms with E-state index in [4.69, 9.17) is 15.6 Å². The molecule has 2 aliphatic rings. The molecule has 0 spiro atoms. The molecule has 1 heterocycles. The summed E-state index contributed by atoms with van der Waals surface area (Å²) in [4.78, 5) is 25.0. The van der Waals surface area contributed by atoms with Crippen molar-refractivity contribution in [3.05, 3.63) is 48.0 Å². The molecule has 7 heteroatoms. The highest BCUT2D eigenvalue weighted by atomic mass is 35.5. The fourth-order valence-electron chi connectivity index (χ4n) is 4.54. The summed E-state index contributed by atoms with van der Waals surface area (Å²) in [6.45, 7) is 1.35. The highest BCUT2D eigenvalue weighted by Gasteiger charge is 2.27. The van der Waals surface area contributed by atoms with Crippen LogP contribution in [0.2, 0.25) is 0 Å². The van der Waals surface area contributed by atoms with Crippen molar-refractivity contribution in [1.82, 2.24) is 0 Å². The number of carboxylic acid groups (broad SMARTS) is 1. The second-order valence-electron chi connectivity index (χ2n) is 8.63. The molecule has 1 atom stereocenters. The molecule has 0 aromatic heterocycles. The lowest BCUT2D eigenvalue weighted by atomic mass is 9.90. The van der Waals surface area contributed by atoms with Crippen LogP contribution >= 0.6 is 12.4 Å². The van der Waals surface area contributed by atoms with Gasteiger partial charge in [-0.2, -0.15) is 0 Å². The first-order valence-electron chi connectivity index (χ1n) is 11.2. The van der Waals surface area contributed by atoms with Crippen LogP contribution in [0.1, 0.15) is 44.1 Å². The Balaban J connectivity index is 0.00000289. The fourth-order valence-corrected chi connectivity index (χ4v) is 4.54. The minimum Gasteiger partial charge on any atom is -0.493 e. The average Bonchev–Trinajstić information content (AvgIpc) is 3.22. The molecule has 1 amide bonds. The Morgan fingerprint density at radius 2 is 1.75 bits per heavy atom. The number of anilines is 1. The monoisotopic (exact) mass is 458 g/mol. The van der Waals surface area contributed by atoms with Crippen LogP contribution in [0.3, 0.4) is 0 Å². The lowest BCUT2D eigenvalue weighted by molar-refractivity contribution is -0.140. The maximum absolute atomic E-state index is 12.5. The van der Waals surface area contributed by atoms with Gasteiger partial charge in [0.05, 0.1) is 13.0 Å². The summed E-state index contributed by atoms with van der Waals surface area (Å²) in [5.41, 5.74) is 9.65. The second-order valence-corrected chi connectivity index (χ2v) is 8.63. The molecule has 0 saturated heterocycles. The Labute approximate surface area is 195 Å². The van der Waals surface area contributed by atoms with Gasteiger partial charge in [-0.1, -0.05) is 37.5 Å². The smallest absolute Gasteiger partial charge is 0.321 e. The number of nitrogens with two attached hydrogens (primary N) is 1. The van der Waals surface area contributed by atoms with Crippen molar-refractivity contribution in [3.63, 3.8) is 0 Å². The third-order valence-electron chi connectivity index (χ3n) is 6.39. The van der Waals surface area contributed by atoms with Gasteiger partial charge in [0, 0.05) is 12.2 Å². The number of halogens is 1. The van der Waals surface area contributed by atoms with Crippen LogP contribution in [0.5, 0.6) is 5.75 Å². The van der Waals surface area contributed by atoms with Crippen LogP contribution < -0.4 is 15.4 Å². The van der Waals surface area contributed by atoms with Crippen LogP contribution in [0, 0.1) is 5.92 Å². The molecule has 2 aromatic rings. The Hall–Kier alpha value is -2.57. The zero-order chi connectivity index (χ0) is 21.8. The Bertz CT molecular complexity index is 941. The first-order valence-corrected chi connectivity index (χ1v) is 11.2. The van der Waals surface area contributed by atoms with Crippen molar-refractivity contribution >= 4 is 30.0 Å². The lowest BCUT2D eigenvalue weighted by Crippen LogP contribution is -2.38. The molecule has 0 radical (unpaired) electrons. The second kappa shape index (κ2) is 10.8. The number of carboxylic acids is 1. The minimum atomic E-state index is -1.17. The van der Waals surface area contributed by atoms with Crippen LogP contribution in [-0.2, 0) is 16.0 Å². The first kappa shape index (κ1) is 24.1. The van der Waals surface area contributed by atoms with Gasteiger partial charge in [-0.05, 0) is 66.1 Å². The molecular formula is C25H31ClN2O4. The van der Waals surface area contributed by atoms with Crippen LogP contribution in [0.25, 0.3) is 11.1 Å². The zero-order valence-electron chi connectivity index (χ0n) is 18.2. The highest BCUT2D eigenvalue weighted by molar-refractivity contribution is 5.98. The largest absolute Gasteiger partial charge is 0.493 e. The van der Waals surface area contributed by atoms with Gasteiger partial charge in [-0.25, -0.2) is 0 Å². The van der Waals surface area contributed by atoms with Gasteiger partial charge < -0.3 is 20.5 Å². The molecule has 1 saturated carbocycles. The zero-order valence-corrected chi connectivity index (χ0v) is 19.0. The standard InChI is InChI=1S/C25H30N2O4.ClH/c26-22(25(29)30)15-24(28)27-13-12-20-14-19(8-11-23(20)27)18-6-9-21(10-7-18)31-16-17-4-2-1-3-5-17;/h6-11,14,17,22H,1-5,12-13,15-16,26H2,(H,29,30);1H. The van der Waals surface area contributed by atoms with E-state index in [0.717, 1.165) is 41.2 Å². The van der Waals surface area contributed by atoms with Gasteiger partial charge in [0.1, 0.15) is 11.8 Å². The maximum atomic E-state index is 12.5. The summed E-state index contributed by atoms with van der Waals surface area (Å²) in [7, 11) is 0. The van der Waals surface area contributed by atoms with Gasteiger partial charge in [0.25, 0.3) is 0 Å². The summed E-state index contributed by atoms with van der Waals surface area (Å²) in [6, 6.07) is 13.1. The number of carbonyl (C=O) groups excluding carboxylic acids is 1. The molecule has 1 unspecified atom stereocenters. The van der Waals surface area contributed by atoms with Crippen molar-refractivity contribution < 1.29 is 19.4 Å². The molecule has 1 aliphatic carbocycles. The normalized spacial score (nSPS) is 16.7. The number of hydrogen-bond acceptors (Lipinski definition) is 4. The van der Waals surface area contributed by atoms with Crippen molar-refractivity contribution in [2.45, 2.75) is 51.0 Å². The van der Waals surface area contributed by atoms with Crippen LogP contribution in [-0.4, -0.2) is 36.2 Å². The number of hydrogen-bond donors (Lipinski definition) is 2. The number of benzene rings is 2. The van der Waals surface area contributed by atoms with E-state index in [-0.39, 0.29) is 24.7 Å². The summed E-state index contributed by atoms with van der Waals surface area (Å²) >= 11 is 0. The van der Waals surface area contributed by atoms with E-state index < -0.39 is 12.0 Å². The summed E-state index contributed by atoms with van der Waals surface area (Å²) < 4.78 is 6.00. The fraction of sp³-hybridized carbons (Fsp3) is 0.440. The Morgan fingerprint density at radius 3 is 2.44 bits per heavy atom. The van der Waals surface area contributed by atoms with Crippen LogP contribution in [0.15, 0.2) is 42.5 Å². The van der Waals surface area contributed by atoms with Gasteiger partial charge in [0.15, 0.2) is 0 Å². The topological polar surface area (TPSA) is 92.9 Å². The molecule has 2 aromatic carbocycles. The molecule has 32 heavy (non-hydrogen) atoms. The highest BCUT2D eigenvalue weighted by Crippen LogP contribution is 2.33. The number of aliphatic carboxylic acids is 1. The Morgan fingerprint density at radius 1 is 1.06 bits per heavy atom. The predicted molar refractivity (Wildman–Crippen MR) is 127 cm³/mol. The van der Waals surface area contributed by atoms with Crippen molar-refractivity contribution in [2.75, 3.05) is 18.1 Å². The number of ether oxygens (including phenoxy) is 1.